The van der Waals surface area contributed by atoms with Gasteiger partial charge in [0.1, 0.15) is 48.8 Å². The van der Waals surface area contributed by atoms with Crippen molar-refractivity contribution < 1.29 is 64.2 Å². The molecule has 15 heteroatoms. The van der Waals surface area contributed by atoms with Gasteiger partial charge in [-0.15, -0.1) is 0 Å². The van der Waals surface area contributed by atoms with Crippen LogP contribution in [-0.4, -0.2) is 136 Å². The lowest BCUT2D eigenvalue weighted by atomic mass is 9.94. The van der Waals surface area contributed by atoms with Gasteiger partial charge in [-0.3, -0.25) is 4.79 Å². The Morgan fingerprint density at radius 2 is 1.52 bits per heavy atom. The van der Waals surface area contributed by atoms with Gasteiger partial charge in [0.15, 0.2) is 12.6 Å². The zero-order chi connectivity index (χ0) is 38.9. The third-order valence-electron chi connectivity index (χ3n) is 9.48. The molecule has 0 unspecified atom stereocenters. The summed E-state index contributed by atoms with van der Waals surface area (Å²) in [6.07, 6.45) is -4.62. The van der Waals surface area contributed by atoms with Gasteiger partial charge in [-0.1, -0.05) is 48.5 Å². The minimum Gasteiger partial charge on any atom is -0.488 e. The van der Waals surface area contributed by atoms with Crippen LogP contribution in [0.15, 0.2) is 51.9 Å². The molecular formula is C37H57NO14. The van der Waals surface area contributed by atoms with Gasteiger partial charge in [-0.25, -0.2) is 0 Å². The highest BCUT2D eigenvalue weighted by molar-refractivity contribution is 5.40. The van der Waals surface area contributed by atoms with E-state index in [-0.39, 0.29) is 23.0 Å². The highest BCUT2D eigenvalue weighted by Gasteiger charge is 2.48. The Kier molecular flexibility index (Phi) is 16.7. The van der Waals surface area contributed by atoms with Gasteiger partial charge in [0.25, 0.3) is 0 Å². The molecule has 15 nitrogen and oxygen atoms in total. The first-order valence-corrected chi connectivity index (χ1v) is 17.3. The van der Waals surface area contributed by atoms with E-state index in [4.69, 9.17) is 28.4 Å². The molecule has 2 fully saturated rings. The molecule has 3 rings (SSSR count). The summed E-state index contributed by atoms with van der Waals surface area (Å²) in [7, 11) is 2.89. The van der Waals surface area contributed by atoms with Crippen molar-refractivity contribution in [3.05, 3.63) is 68.6 Å². The molecule has 294 valence electrons. The maximum atomic E-state index is 12.6. The smallest absolute Gasteiger partial charge is 0.238 e. The fourth-order valence-corrected chi connectivity index (χ4v) is 6.10. The molecule has 0 spiro atoms. The lowest BCUT2D eigenvalue weighted by Gasteiger charge is -2.43. The van der Waals surface area contributed by atoms with Gasteiger partial charge in [0, 0.05) is 23.6 Å². The van der Waals surface area contributed by atoms with Gasteiger partial charge < -0.3 is 69.2 Å². The second kappa shape index (κ2) is 19.9. The second-order valence-corrected chi connectivity index (χ2v) is 13.4. The van der Waals surface area contributed by atoms with Crippen molar-refractivity contribution in [1.29, 1.82) is 0 Å². The monoisotopic (exact) mass is 739 g/mol. The molecule has 0 aromatic carbocycles. The summed E-state index contributed by atoms with van der Waals surface area (Å²) >= 11 is 0. The molecule has 2 aliphatic rings. The number of H-pyrrole nitrogens is 1. The lowest BCUT2D eigenvalue weighted by molar-refractivity contribution is -0.335. The van der Waals surface area contributed by atoms with Crippen molar-refractivity contribution in [2.45, 2.75) is 122 Å². The fourth-order valence-electron chi connectivity index (χ4n) is 6.10. The van der Waals surface area contributed by atoms with Crippen LogP contribution in [0.4, 0.5) is 0 Å². The van der Waals surface area contributed by atoms with Gasteiger partial charge in [-0.05, 0) is 46.6 Å². The van der Waals surface area contributed by atoms with Crippen LogP contribution in [0.2, 0.25) is 0 Å². The maximum absolute atomic E-state index is 12.6. The van der Waals surface area contributed by atoms with Gasteiger partial charge in [0.2, 0.25) is 17.1 Å². The number of ether oxygens (including phenoxy) is 6. The molecule has 0 radical (unpaired) electrons. The summed E-state index contributed by atoms with van der Waals surface area (Å²) in [6, 6.07) is 0. The fraction of sp³-hybridized carbons (Fsp3) is 0.649. The van der Waals surface area contributed by atoms with Gasteiger partial charge in [0.05, 0.1) is 33.5 Å². The number of aliphatic hydroxyl groups excluding tert-OH is 7. The van der Waals surface area contributed by atoms with E-state index in [9.17, 15) is 40.5 Å². The van der Waals surface area contributed by atoms with Crippen LogP contribution in [0.25, 0.3) is 0 Å². The predicted molar refractivity (Wildman–Crippen MR) is 190 cm³/mol. The van der Waals surface area contributed by atoms with Crippen LogP contribution in [-0.2, 0) is 25.4 Å². The Morgan fingerprint density at radius 1 is 0.904 bits per heavy atom. The zero-order valence-electron chi connectivity index (χ0n) is 31.1. The van der Waals surface area contributed by atoms with Gasteiger partial charge in [-0.2, -0.15) is 0 Å². The summed E-state index contributed by atoms with van der Waals surface area (Å²) in [5.74, 6) is 0.193. The van der Waals surface area contributed by atoms with E-state index in [1.165, 1.54) is 14.2 Å². The first kappa shape index (κ1) is 43.5. The molecule has 2 aliphatic heterocycles. The van der Waals surface area contributed by atoms with Crippen molar-refractivity contribution in [2.75, 3.05) is 27.4 Å². The Bertz CT molecular complexity index is 1490. The molecule has 8 N–H and O–H groups in total. The Morgan fingerprint density at radius 3 is 2.12 bits per heavy atom. The Hall–Kier alpha value is -2.93. The summed E-state index contributed by atoms with van der Waals surface area (Å²) in [6.45, 7) is 10.2. The molecule has 0 saturated carbocycles. The van der Waals surface area contributed by atoms with Crippen LogP contribution in [0.1, 0.15) is 52.3 Å². The van der Waals surface area contributed by atoms with E-state index in [2.05, 4.69) is 4.98 Å². The number of hydrogen-bond acceptors (Lipinski definition) is 14. The van der Waals surface area contributed by atoms with Crippen LogP contribution >= 0.6 is 0 Å². The van der Waals surface area contributed by atoms with Crippen LogP contribution in [0.3, 0.4) is 0 Å². The van der Waals surface area contributed by atoms with E-state index in [1.54, 1.807) is 6.92 Å². The van der Waals surface area contributed by atoms with Crippen molar-refractivity contribution in [2.24, 2.45) is 5.92 Å². The van der Waals surface area contributed by atoms with Crippen LogP contribution in [0.5, 0.6) is 11.6 Å². The highest BCUT2D eigenvalue weighted by atomic mass is 16.7. The number of rotatable bonds is 16. The molecule has 0 aliphatic carbocycles. The van der Waals surface area contributed by atoms with Crippen LogP contribution < -0.4 is 14.9 Å². The molecule has 3 heterocycles. The quantitative estimate of drug-likeness (QED) is 0.0862. The van der Waals surface area contributed by atoms with Crippen molar-refractivity contribution in [3.8, 4) is 11.6 Å². The first-order chi connectivity index (χ1) is 24.6. The van der Waals surface area contributed by atoms with E-state index in [0.717, 1.165) is 22.4 Å². The number of methoxy groups -OCH3 is 2. The Labute approximate surface area is 304 Å². The van der Waals surface area contributed by atoms with E-state index < -0.39 is 80.7 Å². The topological polar surface area (TPSA) is 230 Å². The summed E-state index contributed by atoms with van der Waals surface area (Å²) in [5, 5.41) is 72.0. The molecule has 2 saturated heterocycles. The number of nitrogens with one attached hydrogen (secondary N) is 1. The molecule has 0 bridgehead atoms. The van der Waals surface area contributed by atoms with Crippen LogP contribution in [0, 0.1) is 12.8 Å². The summed E-state index contributed by atoms with van der Waals surface area (Å²) < 4.78 is 33.5. The minimum absolute atomic E-state index is 0.142. The Balaban J connectivity index is 1.66. The van der Waals surface area contributed by atoms with Gasteiger partial charge >= 0.3 is 0 Å². The van der Waals surface area contributed by atoms with Crippen molar-refractivity contribution in [1.82, 2.24) is 4.98 Å². The zero-order valence-corrected chi connectivity index (χ0v) is 31.1. The van der Waals surface area contributed by atoms with E-state index in [0.29, 0.717) is 18.4 Å². The van der Waals surface area contributed by atoms with Crippen molar-refractivity contribution >= 4 is 0 Å². The molecule has 0 amide bonds. The predicted octanol–water partition coefficient (Wildman–Crippen LogP) is 0.694. The minimum atomic E-state index is -1.67. The van der Waals surface area contributed by atoms with Crippen molar-refractivity contribution in [3.63, 3.8) is 0 Å². The average molecular weight is 740 g/mol. The first-order valence-electron chi connectivity index (χ1n) is 17.3. The number of allylic oxidation sites excluding steroid dienone is 6. The number of aromatic amines is 1. The summed E-state index contributed by atoms with van der Waals surface area (Å²) in [4.78, 5) is 15.8. The lowest BCUT2D eigenvalue weighted by Crippen LogP contribution is -2.62. The maximum Gasteiger partial charge on any atom is 0.238 e. The molecular weight excluding hydrogens is 682 g/mol. The molecule has 1 aromatic heterocycles. The number of aliphatic hydroxyl groups is 7. The van der Waals surface area contributed by atoms with E-state index >= 15 is 0 Å². The third-order valence-corrected chi connectivity index (χ3v) is 9.48. The third kappa shape index (κ3) is 10.6. The SMILES string of the molecule is C/C=C(\C)[C@H](O[C@@H]1O[C@H](CO[C@H]2O[C@H](CO)[C@@H](O)[C@H](O)[C@H]2O)[C@@H](O)[C@H](O)[C@H]1O)[C@H](C)/C=C(C)/C=C\C/C(C)=C/Cc1[nH]c(OC)c(OC)c(=O)c1C. The largest absolute Gasteiger partial charge is 0.488 e. The second-order valence-electron chi connectivity index (χ2n) is 13.4. The molecule has 12 atom stereocenters. The standard InChI is InChI=1S/C37H57NO14/c1-9-20(4)33(21(5)15-19(3)12-10-11-18(2)13-14-23-22(6)26(40)34(47-7)35(38-23)48-8)52-37-32(46)30(44)28(42)25(51-37)17-49-36-31(45)29(43)27(41)24(16-39)50-36/h9-10,12-13,15,21,24-25,27-33,36-37,39,41-46H,11,14,16-17H2,1-8H3,(H,38,40)/b12-10-,18-13+,19-15+,20-9+/t21-,24-,25-,27-,28-,29+,30+,31-,32-,33+,36+,37+/m1/s1. The highest BCUT2D eigenvalue weighted by Crippen LogP contribution is 2.30. The molecule has 1 aromatic rings. The number of pyridine rings is 1. The average Bonchev–Trinajstić information content (AvgIpc) is 3.12. The summed E-state index contributed by atoms with van der Waals surface area (Å²) in [5.41, 5.74) is 3.95. The van der Waals surface area contributed by atoms with E-state index in [1.807, 2.05) is 65.0 Å². The number of aromatic nitrogens is 1. The normalized spacial score (nSPS) is 31.9. The molecule has 52 heavy (non-hydrogen) atoms. The number of hydrogen-bond donors (Lipinski definition) is 8.